The molecule has 0 fully saturated rings. The zero-order valence-electron chi connectivity index (χ0n) is 13.4. The van der Waals surface area contributed by atoms with Crippen LogP contribution in [0.4, 0.5) is 4.39 Å². The monoisotopic (exact) mass is 355 g/mol. The number of hydrogen-bond acceptors (Lipinski definition) is 5. The zero-order chi connectivity index (χ0) is 17.7. The molecule has 0 radical (unpaired) electrons. The van der Waals surface area contributed by atoms with E-state index in [4.69, 9.17) is 11.6 Å². The molecule has 3 rings (SSSR count). The fourth-order valence-corrected chi connectivity index (χ4v) is 2.64. The predicted molar refractivity (Wildman–Crippen MR) is 90.0 cm³/mol. The molecule has 0 saturated carbocycles. The number of aliphatic hydroxyl groups is 1. The van der Waals surface area contributed by atoms with E-state index < -0.39 is 12.1 Å². The number of aromatic nitrogens is 2. The van der Waals surface area contributed by atoms with Crippen LogP contribution in [0.2, 0.25) is 0 Å². The highest BCUT2D eigenvalue weighted by molar-refractivity contribution is 6.30. The SMILES string of the molecule is COC.O=c1c2c(ncn1CC1C=CC(F)=C(Cl)C1)=CNC(O)C=2. The minimum Gasteiger partial charge on any atom is -0.388 e. The molecule has 0 aromatic carbocycles. The first-order valence-electron chi connectivity index (χ1n) is 7.30. The van der Waals surface area contributed by atoms with Crippen molar-refractivity contribution in [3.63, 3.8) is 0 Å². The number of nitrogens with one attached hydrogen (secondary N) is 1. The van der Waals surface area contributed by atoms with Gasteiger partial charge in [-0.3, -0.25) is 9.36 Å². The van der Waals surface area contributed by atoms with Crippen molar-refractivity contribution in [1.82, 2.24) is 14.9 Å². The minimum absolute atomic E-state index is 0.0647. The van der Waals surface area contributed by atoms with Crippen molar-refractivity contribution in [3.8, 4) is 0 Å². The first-order chi connectivity index (χ1) is 11.5. The van der Waals surface area contributed by atoms with Gasteiger partial charge in [0.15, 0.2) is 0 Å². The Labute approximate surface area is 143 Å². The smallest absolute Gasteiger partial charge is 0.261 e. The summed E-state index contributed by atoms with van der Waals surface area (Å²) in [6, 6.07) is 0. The summed E-state index contributed by atoms with van der Waals surface area (Å²) >= 11 is 5.80. The summed E-state index contributed by atoms with van der Waals surface area (Å²) in [5.41, 5.74) is -0.239. The molecule has 0 spiro atoms. The second-order valence-electron chi connectivity index (χ2n) is 5.41. The molecule has 1 aromatic heterocycles. The van der Waals surface area contributed by atoms with Gasteiger partial charge in [-0.1, -0.05) is 17.7 Å². The number of fused-ring (bicyclic) bond motifs is 1. The van der Waals surface area contributed by atoms with Crippen molar-refractivity contribution in [1.29, 1.82) is 0 Å². The van der Waals surface area contributed by atoms with Crippen molar-refractivity contribution >= 4 is 23.9 Å². The van der Waals surface area contributed by atoms with Crippen LogP contribution in [-0.2, 0) is 11.3 Å². The Balaban J connectivity index is 0.000000647. The highest BCUT2D eigenvalue weighted by atomic mass is 35.5. The van der Waals surface area contributed by atoms with E-state index in [1.807, 2.05) is 0 Å². The zero-order valence-corrected chi connectivity index (χ0v) is 14.1. The molecule has 2 atom stereocenters. The molecule has 0 bridgehead atoms. The van der Waals surface area contributed by atoms with Crippen molar-refractivity contribution in [2.24, 2.45) is 5.92 Å². The van der Waals surface area contributed by atoms with Crippen LogP contribution in [-0.4, -0.2) is 35.1 Å². The van der Waals surface area contributed by atoms with Gasteiger partial charge in [-0.2, -0.15) is 0 Å². The van der Waals surface area contributed by atoms with Crippen LogP contribution >= 0.6 is 11.6 Å². The Morgan fingerprint density at radius 1 is 1.54 bits per heavy atom. The van der Waals surface area contributed by atoms with Gasteiger partial charge in [0, 0.05) is 32.9 Å². The standard InChI is InChI=1S/C14H13ClFN3O2.C2H6O/c15-10-3-8(1-2-11(10)16)6-19-7-18-12-5-17-13(20)4-9(12)14(19)21;1-3-2/h1-2,4-5,7-8,13,17,20H,3,6H2;1-2H3. The topological polar surface area (TPSA) is 76.4 Å². The second kappa shape index (κ2) is 8.23. The Kier molecular flexibility index (Phi) is 6.30. The van der Waals surface area contributed by atoms with Crippen molar-refractivity contribution < 1.29 is 14.2 Å². The first-order valence-corrected chi connectivity index (χ1v) is 7.68. The van der Waals surface area contributed by atoms with Crippen LogP contribution in [0, 0.1) is 5.92 Å². The maximum Gasteiger partial charge on any atom is 0.261 e. The number of ether oxygens (including phenoxy) is 1. The van der Waals surface area contributed by atoms with Gasteiger partial charge < -0.3 is 15.2 Å². The molecule has 0 amide bonds. The number of nitrogens with zero attached hydrogens (tertiary/aromatic N) is 2. The van der Waals surface area contributed by atoms with E-state index in [0.717, 1.165) is 0 Å². The molecule has 8 heteroatoms. The fourth-order valence-electron chi connectivity index (χ4n) is 2.37. The summed E-state index contributed by atoms with van der Waals surface area (Å²) in [7, 11) is 3.25. The van der Waals surface area contributed by atoms with E-state index in [9.17, 15) is 14.3 Å². The molecular weight excluding hydrogens is 337 g/mol. The number of rotatable bonds is 2. The normalized spacial score (nSPS) is 21.7. The third-order valence-electron chi connectivity index (χ3n) is 3.47. The highest BCUT2D eigenvalue weighted by Crippen LogP contribution is 2.27. The van der Waals surface area contributed by atoms with Crippen LogP contribution in [0.25, 0.3) is 12.3 Å². The Hall–Kier alpha value is -1.96. The molecule has 2 aliphatic rings. The van der Waals surface area contributed by atoms with Gasteiger partial charge in [-0.25, -0.2) is 9.37 Å². The summed E-state index contributed by atoms with van der Waals surface area (Å²) in [6.45, 7) is 0.358. The Morgan fingerprint density at radius 3 is 2.92 bits per heavy atom. The lowest BCUT2D eigenvalue weighted by Gasteiger charge is -2.17. The second-order valence-corrected chi connectivity index (χ2v) is 5.86. The van der Waals surface area contributed by atoms with Crippen molar-refractivity contribution in [3.05, 3.63) is 50.3 Å². The molecule has 1 aliphatic carbocycles. The van der Waals surface area contributed by atoms with Gasteiger partial charge in [0.05, 0.1) is 21.9 Å². The molecule has 2 unspecified atom stereocenters. The van der Waals surface area contributed by atoms with Crippen LogP contribution < -0.4 is 21.4 Å². The summed E-state index contributed by atoms with van der Waals surface area (Å²) in [5.74, 6) is -0.494. The third-order valence-corrected chi connectivity index (χ3v) is 3.80. The largest absolute Gasteiger partial charge is 0.388 e. The summed E-state index contributed by atoms with van der Waals surface area (Å²) in [4.78, 5) is 16.5. The number of aliphatic hydroxyl groups excluding tert-OH is 1. The van der Waals surface area contributed by atoms with Crippen LogP contribution in [0.5, 0.6) is 0 Å². The summed E-state index contributed by atoms with van der Waals surface area (Å²) in [6.07, 6.45) is 6.84. The van der Waals surface area contributed by atoms with E-state index in [1.54, 1.807) is 20.3 Å². The molecule has 2 heterocycles. The number of hydrogen-bond donors (Lipinski definition) is 2. The van der Waals surface area contributed by atoms with E-state index in [-0.39, 0.29) is 16.5 Å². The maximum absolute atomic E-state index is 13.2. The van der Waals surface area contributed by atoms with Crippen LogP contribution in [0.1, 0.15) is 6.42 Å². The van der Waals surface area contributed by atoms with E-state index in [1.165, 1.54) is 29.2 Å². The first kappa shape index (κ1) is 18.4. The van der Waals surface area contributed by atoms with E-state index in [0.29, 0.717) is 23.5 Å². The average Bonchev–Trinajstić information content (AvgIpc) is 2.55. The molecule has 0 saturated heterocycles. The molecule has 2 N–H and O–H groups in total. The lowest BCUT2D eigenvalue weighted by atomic mass is 10.00. The Bertz CT molecular complexity index is 832. The predicted octanol–water partition coefficient (Wildman–Crippen LogP) is -0.0580. The van der Waals surface area contributed by atoms with Crippen LogP contribution in [0.3, 0.4) is 0 Å². The number of halogens is 2. The van der Waals surface area contributed by atoms with Gasteiger partial charge in [-0.15, -0.1) is 0 Å². The quantitative estimate of drug-likeness (QED) is 0.777. The molecule has 1 aliphatic heterocycles. The van der Waals surface area contributed by atoms with Gasteiger partial charge >= 0.3 is 0 Å². The average molecular weight is 356 g/mol. The Morgan fingerprint density at radius 2 is 2.25 bits per heavy atom. The van der Waals surface area contributed by atoms with Gasteiger partial charge in [0.25, 0.3) is 5.56 Å². The number of allylic oxidation sites excluding steroid dienone is 4. The van der Waals surface area contributed by atoms with E-state index in [2.05, 4.69) is 15.0 Å². The molecule has 24 heavy (non-hydrogen) atoms. The van der Waals surface area contributed by atoms with E-state index >= 15 is 0 Å². The van der Waals surface area contributed by atoms with Gasteiger partial charge in [0.1, 0.15) is 12.1 Å². The number of methoxy groups -OCH3 is 1. The van der Waals surface area contributed by atoms with Crippen molar-refractivity contribution in [2.45, 2.75) is 19.2 Å². The third kappa shape index (κ3) is 4.31. The summed E-state index contributed by atoms with van der Waals surface area (Å²) < 4.78 is 18.9. The summed E-state index contributed by atoms with van der Waals surface area (Å²) in [5, 5.41) is 13.2. The lowest BCUT2D eigenvalue weighted by Crippen LogP contribution is -2.51. The van der Waals surface area contributed by atoms with Gasteiger partial charge in [0.2, 0.25) is 0 Å². The molecule has 1 aromatic rings. The van der Waals surface area contributed by atoms with Crippen molar-refractivity contribution in [2.75, 3.05) is 14.2 Å². The van der Waals surface area contributed by atoms with Gasteiger partial charge in [-0.05, 0) is 18.6 Å². The molecular formula is C16H19ClFN3O3. The molecule has 6 nitrogen and oxygen atoms in total. The lowest BCUT2D eigenvalue weighted by molar-refractivity contribution is 0.221. The fraction of sp³-hybridized carbons (Fsp3) is 0.375. The molecule has 130 valence electrons. The minimum atomic E-state index is -0.899. The maximum atomic E-state index is 13.2. The highest BCUT2D eigenvalue weighted by Gasteiger charge is 2.17. The van der Waals surface area contributed by atoms with Crippen LogP contribution in [0.15, 0.2) is 34.1 Å².